The molecule has 1 aromatic rings. The van der Waals surface area contributed by atoms with Crippen molar-refractivity contribution >= 4 is 11.9 Å². The van der Waals surface area contributed by atoms with Crippen LogP contribution in [0.2, 0.25) is 0 Å². The molecule has 3 amide bonds. The SMILES string of the molecule is COc1ccc2c3c1OC1C4(CCC5(O)C(C2O)N(CC2CC2)CC(C)C315)NC(=O)NC4=O. The fourth-order valence-corrected chi connectivity index (χ4v) is 8.08. The summed E-state index contributed by atoms with van der Waals surface area (Å²) in [5.41, 5.74) is -2.12. The van der Waals surface area contributed by atoms with Crippen molar-refractivity contribution < 1.29 is 29.3 Å². The third kappa shape index (κ3) is 2.07. The summed E-state index contributed by atoms with van der Waals surface area (Å²) in [6.45, 7) is 3.61. The van der Waals surface area contributed by atoms with E-state index in [-0.39, 0.29) is 18.8 Å². The van der Waals surface area contributed by atoms with Crippen molar-refractivity contribution in [2.75, 3.05) is 20.2 Å². The van der Waals surface area contributed by atoms with Gasteiger partial charge < -0.3 is 25.0 Å². The molecule has 7 rings (SSSR count). The number of piperidine rings is 1. The summed E-state index contributed by atoms with van der Waals surface area (Å²) in [7, 11) is 1.55. The molecule has 9 heteroatoms. The van der Waals surface area contributed by atoms with E-state index in [4.69, 9.17) is 9.47 Å². The molecule has 4 N–H and O–H groups in total. The summed E-state index contributed by atoms with van der Waals surface area (Å²) in [5.74, 6) is 1.05. The summed E-state index contributed by atoms with van der Waals surface area (Å²) < 4.78 is 12.2. The largest absolute Gasteiger partial charge is 0.493 e. The average Bonchev–Trinajstić information content (AvgIpc) is 3.42. The van der Waals surface area contributed by atoms with Crippen LogP contribution in [0.25, 0.3) is 0 Å². The number of aliphatic hydroxyl groups excluding tert-OH is 1. The van der Waals surface area contributed by atoms with E-state index >= 15 is 0 Å². The Morgan fingerprint density at radius 1 is 1.27 bits per heavy atom. The molecule has 0 radical (unpaired) electrons. The fraction of sp³-hybridized carbons (Fsp3) is 0.667. The summed E-state index contributed by atoms with van der Waals surface area (Å²) in [6, 6.07) is 2.59. The normalized spacial score (nSPS) is 44.8. The first-order chi connectivity index (χ1) is 15.8. The van der Waals surface area contributed by atoms with Gasteiger partial charge in [-0.3, -0.25) is 15.0 Å². The van der Waals surface area contributed by atoms with Crippen molar-refractivity contribution in [2.24, 2.45) is 11.8 Å². The molecule has 7 atom stereocenters. The molecule has 33 heavy (non-hydrogen) atoms. The lowest BCUT2D eigenvalue weighted by Crippen LogP contribution is -2.84. The first kappa shape index (κ1) is 20.1. The van der Waals surface area contributed by atoms with Gasteiger partial charge in [0.15, 0.2) is 17.0 Å². The van der Waals surface area contributed by atoms with Gasteiger partial charge in [0, 0.05) is 18.7 Å². The zero-order valence-electron chi connectivity index (χ0n) is 18.8. The molecule has 7 unspecified atom stereocenters. The maximum atomic E-state index is 13.2. The van der Waals surface area contributed by atoms with Gasteiger partial charge in [-0.2, -0.15) is 0 Å². The third-order valence-corrected chi connectivity index (χ3v) is 9.45. The Hall–Kier alpha value is -2.36. The minimum absolute atomic E-state index is 0.0930. The molecule has 3 aliphatic carbocycles. The number of carbonyl (C=O) groups is 2. The number of carbonyl (C=O) groups excluding carboxylic acids is 2. The first-order valence-electron chi connectivity index (χ1n) is 11.9. The van der Waals surface area contributed by atoms with E-state index in [1.807, 2.05) is 6.07 Å². The van der Waals surface area contributed by atoms with E-state index in [0.717, 1.165) is 17.7 Å². The molecule has 0 aromatic heterocycles. The molecule has 4 fully saturated rings. The Kier molecular flexibility index (Phi) is 3.65. The number of methoxy groups -OCH3 is 1. The van der Waals surface area contributed by atoms with E-state index in [9.17, 15) is 19.8 Å². The standard InChI is InChI=1S/C24H29N3O6/c1-11-9-27(10-12-3-4-12)18-16(28)13-5-6-14(32-2)17-15(13)24(11)19(33-17)22(7-8-23(18,24)31)20(29)25-21(30)26-22/h5-6,11-12,16,18-19,28,31H,3-4,7-10H2,1-2H3,(H2,25,26,29,30). The Morgan fingerprint density at radius 3 is 2.73 bits per heavy atom. The molecule has 3 aliphatic heterocycles. The van der Waals surface area contributed by atoms with Crippen LogP contribution in [0.4, 0.5) is 4.79 Å². The number of benzene rings is 1. The molecular formula is C24H29N3O6. The van der Waals surface area contributed by atoms with Gasteiger partial charge in [-0.15, -0.1) is 0 Å². The quantitative estimate of drug-likeness (QED) is 0.492. The van der Waals surface area contributed by atoms with Crippen LogP contribution in [0.15, 0.2) is 12.1 Å². The van der Waals surface area contributed by atoms with Gasteiger partial charge in [-0.25, -0.2) is 4.79 Å². The first-order valence-corrected chi connectivity index (χ1v) is 11.9. The molecule has 9 nitrogen and oxygen atoms in total. The minimum Gasteiger partial charge on any atom is -0.493 e. The lowest BCUT2D eigenvalue weighted by molar-refractivity contribution is -0.242. The van der Waals surface area contributed by atoms with Crippen molar-refractivity contribution in [2.45, 2.75) is 67.4 Å². The molecule has 6 aliphatic rings. The molecule has 176 valence electrons. The molecule has 2 saturated heterocycles. The average molecular weight is 456 g/mol. The highest BCUT2D eigenvalue weighted by Crippen LogP contribution is 2.70. The Balaban J connectivity index is 1.51. The number of hydrogen-bond donors (Lipinski definition) is 4. The van der Waals surface area contributed by atoms with E-state index in [0.29, 0.717) is 24.0 Å². The number of nitrogens with zero attached hydrogens (tertiary/aromatic N) is 1. The summed E-state index contributed by atoms with van der Waals surface area (Å²) in [4.78, 5) is 27.8. The van der Waals surface area contributed by atoms with Gasteiger partial charge in [0.25, 0.3) is 5.91 Å². The molecule has 2 spiro atoms. The minimum atomic E-state index is -1.33. The van der Waals surface area contributed by atoms with Crippen LogP contribution in [0, 0.1) is 11.8 Å². The van der Waals surface area contributed by atoms with E-state index in [1.165, 1.54) is 12.8 Å². The van der Waals surface area contributed by atoms with Gasteiger partial charge in [-0.1, -0.05) is 13.0 Å². The van der Waals surface area contributed by atoms with Crippen LogP contribution in [-0.4, -0.2) is 70.5 Å². The summed E-state index contributed by atoms with van der Waals surface area (Å²) in [5, 5.41) is 29.6. The number of rotatable bonds is 3. The molecule has 2 saturated carbocycles. The number of aliphatic hydroxyl groups is 2. The molecule has 2 bridgehead atoms. The van der Waals surface area contributed by atoms with Crippen LogP contribution in [0.1, 0.15) is 49.8 Å². The predicted octanol–water partition coefficient (Wildman–Crippen LogP) is 0.574. The number of imide groups is 1. The van der Waals surface area contributed by atoms with Crippen molar-refractivity contribution in [1.82, 2.24) is 15.5 Å². The van der Waals surface area contributed by atoms with Crippen molar-refractivity contribution in [3.05, 3.63) is 23.3 Å². The number of urea groups is 1. The predicted molar refractivity (Wildman–Crippen MR) is 115 cm³/mol. The zero-order chi connectivity index (χ0) is 22.9. The van der Waals surface area contributed by atoms with Crippen molar-refractivity contribution in [3.8, 4) is 11.5 Å². The van der Waals surface area contributed by atoms with Crippen LogP contribution < -0.4 is 20.1 Å². The number of fused-ring (bicyclic) bond motifs is 1. The van der Waals surface area contributed by atoms with Crippen LogP contribution >= 0.6 is 0 Å². The molecular weight excluding hydrogens is 426 g/mol. The van der Waals surface area contributed by atoms with Gasteiger partial charge in [0.1, 0.15) is 6.10 Å². The maximum absolute atomic E-state index is 13.2. The van der Waals surface area contributed by atoms with Gasteiger partial charge in [-0.05, 0) is 49.1 Å². The van der Waals surface area contributed by atoms with Gasteiger partial charge in [0.2, 0.25) is 0 Å². The second-order valence-electron chi connectivity index (χ2n) is 10.9. The molecule has 1 aromatic carbocycles. The topological polar surface area (TPSA) is 120 Å². The highest BCUT2D eigenvalue weighted by Gasteiger charge is 2.81. The summed E-state index contributed by atoms with van der Waals surface area (Å²) in [6.07, 6.45) is 1.15. The smallest absolute Gasteiger partial charge is 0.322 e. The van der Waals surface area contributed by atoms with Crippen LogP contribution in [0.5, 0.6) is 11.5 Å². The second-order valence-corrected chi connectivity index (χ2v) is 10.9. The highest BCUT2D eigenvalue weighted by atomic mass is 16.5. The second kappa shape index (κ2) is 6.00. The number of likely N-dealkylation sites (tertiary alicyclic amines) is 1. The third-order valence-electron chi connectivity index (χ3n) is 9.45. The van der Waals surface area contributed by atoms with Gasteiger partial charge >= 0.3 is 6.03 Å². The Labute approximate surface area is 191 Å². The lowest BCUT2D eigenvalue weighted by atomic mass is 9.43. The zero-order valence-corrected chi connectivity index (χ0v) is 18.8. The Morgan fingerprint density at radius 2 is 2.06 bits per heavy atom. The highest BCUT2D eigenvalue weighted by molar-refractivity contribution is 6.08. The maximum Gasteiger partial charge on any atom is 0.322 e. The van der Waals surface area contributed by atoms with Crippen molar-refractivity contribution in [3.63, 3.8) is 0 Å². The monoisotopic (exact) mass is 455 g/mol. The fourth-order valence-electron chi connectivity index (χ4n) is 8.08. The van der Waals surface area contributed by atoms with E-state index < -0.39 is 46.7 Å². The van der Waals surface area contributed by atoms with Crippen LogP contribution in [0.3, 0.4) is 0 Å². The summed E-state index contributed by atoms with van der Waals surface area (Å²) >= 11 is 0. The van der Waals surface area contributed by atoms with Crippen molar-refractivity contribution in [1.29, 1.82) is 0 Å². The number of ether oxygens (including phenoxy) is 2. The number of nitrogens with one attached hydrogen (secondary N) is 2. The van der Waals surface area contributed by atoms with E-state index in [1.54, 1.807) is 13.2 Å². The van der Waals surface area contributed by atoms with Crippen LogP contribution in [-0.2, 0) is 10.2 Å². The van der Waals surface area contributed by atoms with E-state index in [2.05, 4.69) is 22.5 Å². The number of hydrogen-bond acceptors (Lipinski definition) is 7. The molecule has 3 heterocycles. The Bertz CT molecular complexity index is 1110. The number of amides is 3. The van der Waals surface area contributed by atoms with Gasteiger partial charge in [0.05, 0.1) is 30.3 Å². The lowest BCUT2D eigenvalue weighted by Gasteiger charge is -2.68.